The molecule has 5 nitrogen and oxygen atoms in total. The van der Waals surface area contributed by atoms with Crippen LogP contribution in [0.2, 0.25) is 0 Å². The van der Waals surface area contributed by atoms with Crippen LogP contribution in [-0.4, -0.2) is 68.2 Å². The van der Waals surface area contributed by atoms with Crippen LogP contribution in [0.1, 0.15) is 19.8 Å². The fourth-order valence-corrected chi connectivity index (χ4v) is 2.26. The highest BCUT2D eigenvalue weighted by molar-refractivity contribution is 4.84. The van der Waals surface area contributed by atoms with Crippen LogP contribution in [0.4, 0.5) is 0 Å². The van der Waals surface area contributed by atoms with Gasteiger partial charge >= 0.3 is 0 Å². The molecule has 0 aromatic carbocycles. The van der Waals surface area contributed by atoms with Gasteiger partial charge in [-0.25, -0.2) is 0 Å². The SMILES string of the molecule is CCOC(CN)CN(C)CC1(O)CCOCC1. The molecule has 1 aliphatic rings. The highest BCUT2D eigenvalue weighted by atomic mass is 16.5. The van der Waals surface area contributed by atoms with Crippen LogP contribution in [0.5, 0.6) is 0 Å². The third kappa shape index (κ3) is 5.31. The highest BCUT2D eigenvalue weighted by Crippen LogP contribution is 2.21. The number of rotatable bonds is 7. The maximum Gasteiger partial charge on any atom is 0.0823 e. The van der Waals surface area contributed by atoms with Crippen LogP contribution >= 0.6 is 0 Å². The maximum atomic E-state index is 10.4. The predicted molar refractivity (Wildman–Crippen MR) is 67.0 cm³/mol. The molecule has 1 heterocycles. The van der Waals surface area contributed by atoms with Crippen LogP contribution in [-0.2, 0) is 9.47 Å². The maximum absolute atomic E-state index is 10.4. The summed E-state index contributed by atoms with van der Waals surface area (Å²) in [6.07, 6.45) is 1.46. The molecule has 5 heteroatoms. The van der Waals surface area contributed by atoms with Crippen molar-refractivity contribution in [2.45, 2.75) is 31.5 Å². The van der Waals surface area contributed by atoms with Gasteiger partial charge in [-0.1, -0.05) is 0 Å². The zero-order valence-electron chi connectivity index (χ0n) is 11.0. The molecule has 0 amide bonds. The quantitative estimate of drug-likeness (QED) is 0.652. The van der Waals surface area contributed by atoms with Crippen molar-refractivity contribution >= 4 is 0 Å². The zero-order valence-corrected chi connectivity index (χ0v) is 11.0. The van der Waals surface area contributed by atoms with E-state index < -0.39 is 5.60 Å². The van der Waals surface area contributed by atoms with E-state index in [4.69, 9.17) is 15.2 Å². The van der Waals surface area contributed by atoms with E-state index in [1.54, 1.807) is 0 Å². The molecule has 1 saturated heterocycles. The Labute approximate surface area is 104 Å². The van der Waals surface area contributed by atoms with E-state index in [1.165, 1.54) is 0 Å². The first-order valence-electron chi connectivity index (χ1n) is 6.40. The average Bonchev–Trinajstić information content (AvgIpc) is 2.28. The van der Waals surface area contributed by atoms with E-state index in [-0.39, 0.29) is 6.10 Å². The summed E-state index contributed by atoms with van der Waals surface area (Å²) < 4.78 is 10.8. The Bertz CT molecular complexity index is 208. The number of ether oxygens (including phenoxy) is 2. The van der Waals surface area contributed by atoms with Crippen molar-refractivity contribution < 1.29 is 14.6 Å². The molecule has 1 fully saturated rings. The highest BCUT2D eigenvalue weighted by Gasteiger charge is 2.31. The first kappa shape index (κ1) is 14.9. The summed E-state index contributed by atoms with van der Waals surface area (Å²) in [4.78, 5) is 2.10. The molecular formula is C12H26N2O3. The van der Waals surface area contributed by atoms with Gasteiger partial charge in [-0.15, -0.1) is 0 Å². The van der Waals surface area contributed by atoms with Gasteiger partial charge in [0.15, 0.2) is 0 Å². The van der Waals surface area contributed by atoms with E-state index in [0.717, 1.165) is 6.54 Å². The topological polar surface area (TPSA) is 68.0 Å². The summed E-state index contributed by atoms with van der Waals surface area (Å²) in [7, 11) is 2.00. The number of nitrogens with zero attached hydrogens (tertiary/aromatic N) is 1. The molecule has 1 unspecified atom stereocenters. The van der Waals surface area contributed by atoms with Gasteiger partial charge < -0.3 is 25.2 Å². The van der Waals surface area contributed by atoms with Gasteiger partial charge in [0.05, 0.1) is 11.7 Å². The van der Waals surface area contributed by atoms with Crippen molar-refractivity contribution in [1.29, 1.82) is 0 Å². The molecule has 0 aromatic heterocycles. The fraction of sp³-hybridized carbons (Fsp3) is 1.00. The van der Waals surface area contributed by atoms with Gasteiger partial charge in [0.2, 0.25) is 0 Å². The second-order valence-corrected chi connectivity index (χ2v) is 4.85. The Kier molecular flexibility index (Phi) is 6.37. The van der Waals surface area contributed by atoms with E-state index in [0.29, 0.717) is 45.8 Å². The van der Waals surface area contributed by atoms with E-state index in [9.17, 15) is 5.11 Å². The van der Waals surface area contributed by atoms with E-state index in [2.05, 4.69) is 4.90 Å². The molecule has 0 spiro atoms. The minimum atomic E-state index is -0.613. The van der Waals surface area contributed by atoms with Crippen LogP contribution in [0, 0.1) is 0 Å². The van der Waals surface area contributed by atoms with Crippen LogP contribution in [0.15, 0.2) is 0 Å². The molecule has 0 radical (unpaired) electrons. The van der Waals surface area contributed by atoms with Gasteiger partial charge in [-0.05, 0) is 14.0 Å². The largest absolute Gasteiger partial charge is 0.388 e. The Balaban J connectivity index is 2.33. The zero-order chi connectivity index (χ0) is 12.7. The minimum Gasteiger partial charge on any atom is -0.388 e. The Morgan fingerprint density at radius 2 is 2.12 bits per heavy atom. The summed E-state index contributed by atoms with van der Waals surface area (Å²) in [6.45, 7) is 5.86. The van der Waals surface area contributed by atoms with Crippen molar-refractivity contribution in [1.82, 2.24) is 4.90 Å². The smallest absolute Gasteiger partial charge is 0.0823 e. The third-order valence-corrected chi connectivity index (χ3v) is 3.17. The minimum absolute atomic E-state index is 0.0495. The second-order valence-electron chi connectivity index (χ2n) is 4.85. The van der Waals surface area contributed by atoms with Gasteiger partial charge in [0.25, 0.3) is 0 Å². The van der Waals surface area contributed by atoms with Crippen molar-refractivity contribution in [2.75, 3.05) is 46.5 Å². The van der Waals surface area contributed by atoms with Crippen molar-refractivity contribution in [2.24, 2.45) is 5.73 Å². The van der Waals surface area contributed by atoms with Crippen molar-refractivity contribution in [3.63, 3.8) is 0 Å². The number of likely N-dealkylation sites (N-methyl/N-ethyl adjacent to an activating group) is 1. The molecule has 17 heavy (non-hydrogen) atoms. The van der Waals surface area contributed by atoms with Crippen LogP contribution in [0.3, 0.4) is 0 Å². The molecule has 0 aromatic rings. The molecule has 0 bridgehead atoms. The molecule has 1 rings (SSSR count). The molecule has 0 saturated carbocycles. The molecule has 1 atom stereocenters. The van der Waals surface area contributed by atoms with Gasteiger partial charge in [0, 0.05) is 52.3 Å². The normalized spacial score (nSPS) is 21.7. The lowest BCUT2D eigenvalue weighted by atomic mass is 9.94. The Hall–Kier alpha value is -0.200. The molecule has 3 N–H and O–H groups in total. The lowest BCUT2D eigenvalue weighted by Gasteiger charge is -2.36. The van der Waals surface area contributed by atoms with E-state index in [1.807, 2.05) is 14.0 Å². The predicted octanol–water partition coefficient (Wildman–Crippen LogP) is -0.176. The second kappa shape index (κ2) is 7.28. The Morgan fingerprint density at radius 3 is 2.65 bits per heavy atom. The first-order chi connectivity index (χ1) is 8.09. The summed E-state index contributed by atoms with van der Waals surface area (Å²) in [5, 5.41) is 10.4. The first-order valence-corrected chi connectivity index (χ1v) is 6.40. The standard InChI is InChI=1S/C12H26N2O3/c1-3-17-11(8-13)9-14(2)10-12(15)4-6-16-7-5-12/h11,15H,3-10,13H2,1-2H3. The van der Waals surface area contributed by atoms with Crippen molar-refractivity contribution in [3.8, 4) is 0 Å². The van der Waals surface area contributed by atoms with Crippen molar-refractivity contribution in [3.05, 3.63) is 0 Å². The van der Waals surface area contributed by atoms with Crippen LogP contribution in [0.25, 0.3) is 0 Å². The molecule has 0 aliphatic carbocycles. The van der Waals surface area contributed by atoms with E-state index >= 15 is 0 Å². The summed E-state index contributed by atoms with van der Waals surface area (Å²) in [5.41, 5.74) is 5.03. The summed E-state index contributed by atoms with van der Waals surface area (Å²) in [5.74, 6) is 0. The lowest BCUT2D eigenvalue weighted by molar-refractivity contribution is -0.0814. The number of aliphatic hydroxyl groups is 1. The molecule has 1 aliphatic heterocycles. The number of hydrogen-bond acceptors (Lipinski definition) is 5. The van der Waals surface area contributed by atoms with Crippen LogP contribution < -0.4 is 5.73 Å². The third-order valence-electron chi connectivity index (χ3n) is 3.17. The molecular weight excluding hydrogens is 220 g/mol. The Morgan fingerprint density at radius 1 is 1.47 bits per heavy atom. The summed E-state index contributed by atoms with van der Waals surface area (Å²) >= 11 is 0. The number of nitrogens with two attached hydrogens (primary N) is 1. The van der Waals surface area contributed by atoms with Gasteiger partial charge in [-0.3, -0.25) is 0 Å². The summed E-state index contributed by atoms with van der Waals surface area (Å²) in [6, 6.07) is 0. The van der Waals surface area contributed by atoms with Gasteiger partial charge in [0.1, 0.15) is 0 Å². The lowest BCUT2D eigenvalue weighted by Crippen LogP contribution is -2.48. The van der Waals surface area contributed by atoms with Gasteiger partial charge in [-0.2, -0.15) is 0 Å². The monoisotopic (exact) mass is 246 g/mol. The fourth-order valence-electron chi connectivity index (χ4n) is 2.26. The number of hydrogen-bond donors (Lipinski definition) is 2. The average molecular weight is 246 g/mol. The molecule has 102 valence electrons.